The van der Waals surface area contributed by atoms with Crippen molar-refractivity contribution in [2.24, 2.45) is 0 Å². The summed E-state index contributed by atoms with van der Waals surface area (Å²) in [7, 11) is 0. The van der Waals surface area contributed by atoms with Gasteiger partial charge in [-0.2, -0.15) is 5.10 Å². The van der Waals surface area contributed by atoms with Gasteiger partial charge in [0.25, 0.3) is 5.91 Å². The Morgan fingerprint density at radius 1 is 1.12 bits per heavy atom. The molecule has 2 N–H and O–H groups in total. The Morgan fingerprint density at radius 3 is 2.54 bits per heavy atom. The number of aryl methyl sites for hydroxylation is 1. The monoisotopic (exact) mass is 329 g/mol. The first-order valence-corrected chi connectivity index (χ1v) is 8.19. The van der Waals surface area contributed by atoms with Crippen molar-refractivity contribution in [2.75, 3.05) is 6.54 Å². The third kappa shape index (κ3) is 5.22. The van der Waals surface area contributed by atoms with Crippen LogP contribution < -0.4 is 5.32 Å². The quantitative estimate of drug-likeness (QED) is 0.693. The summed E-state index contributed by atoms with van der Waals surface area (Å²) >= 11 is 0. The normalized spacial score (nSPS) is 10.5. The van der Waals surface area contributed by atoms with E-state index in [4.69, 9.17) is 5.11 Å². The molecule has 1 heterocycles. The zero-order chi connectivity index (χ0) is 17.4. The van der Waals surface area contributed by atoms with Crippen molar-refractivity contribution in [1.29, 1.82) is 0 Å². The number of unbranched alkanes of at least 4 members (excludes halogenated alkanes) is 3. The molecule has 0 spiro atoms. The van der Waals surface area contributed by atoms with Crippen LogP contribution in [0, 0.1) is 6.92 Å². The summed E-state index contributed by atoms with van der Waals surface area (Å²) in [4.78, 5) is 22.7. The van der Waals surface area contributed by atoms with E-state index in [2.05, 4.69) is 10.4 Å². The number of carboxylic acid groups (broad SMARTS) is 1. The summed E-state index contributed by atoms with van der Waals surface area (Å²) < 4.78 is 1.70. The summed E-state index contributed by atoms with van der Waals surface area (Å²) in [5.74, 6) is -0.880. The highest BCUT2D eigenvalue weighted by Gasteiger charge is 2.13. The summed E-state index contributed by atoms with van der Waals surface area (Å²) in [6.07, 6.45) is 5.27. The van der Waals surface area contributed by atoms with Crippen molar-refractivity contribution in [3.8, 4) is 5.69 Å². The number of carbonyl (C=O) groups excluding carboxylic acids is 1. The molecule has 0 aliphatic carbocycles. The van der Waals surface area contributed by atoms with E-state index in [0.717, 1.165) is 24.9 Å². The minimum Gasteiger partial charge on any atom is -0.481 e. The number of benzene rings is 1. The van der Waals surface area contributed by atoms with Gasteiger partial charge in [0.15, 0.2) is 0 Å². The van der Waals surface area contributed by atoms with Crippen LogP contribution in [0.15, 0.2) is 36.5 Å². The van der Waals surface area contributed by atoms with Crippen molar-refractivity contribution in [2.45, 2.75) is 39.0 Å². The van der Waals surface area contributed by atoms with E-state index in [1.165, 1.54) is 0 Å². The average Bonchev–Trinajstić information content (AvgIpc) is 2.96. The Kier molecular flexibility index (Phi) is 6.54. The number of aliphatic carboxylic acids is 1. The molecule has 0 aliphatic rings. The van der Waals surface area contributed by atoms with Gasteiger partial charge >= 0.3 is 5.97 Å². The molecule has 0 unspecified atom stereocenters. The van der Waals surface area contributed by atoms with Gasteiger partial charge < -0.3 is 10.4 Å². The molecule has 6 nitrogen and oxygen atoms in total. The maximum atomic E-state index is 12.2. The molecule has 1 aromatic carbocycles. The lowest BCUT2D eigenvalue weighted by Gasteiger charge is -2.04. The molecule has 1 aromatic heterocycles. The molecule has 0 aliphatic heterocycles. The fourth-order valence-corrected chi connectivity index (χ4v) is 2.45. The highest BCUT2D eigenvalue weighted by molar-refractivity contribution is 5.95. The molecule has 128 valence electrons. The van der Waals surface area contributed by atoms with Crippen LogP contribution in [0.2, 0.25) is 0 Å². The van der Waals surface area contributed by atoms with E-state index < -0.39 is 5.97 Å². The van der Waals surface area contributed by atoms with Crippen molar-refractivity contribution >= 4 is 11.9 Å². The van der Waals surface area contributed by atoms with Crippen LogP contribution in [0.25, 0.3) is 5.69 Å². The SMILES string of the molecule is Cc1nn(-c2ccccc2)cc1C(=O)NCCCCCCC(=O)O. The van der Waals surface area contributed by atoms with Gasteiger partial charge in [0, 0.05) is 19.2 Å². The number of nitrogens with zero attached hydrogens (tertiary/aromatic N) is 2. The number of hydrogen-bond donors (Lipinski definition) is 2. The number of nitrogens with one attached hydrogen (secondary N) is 1. The number of aromatic nitrogens is 2. The van der Waals surface area contributed by atoms with Gasteiger partial charge in [0.05, 0.1) is 16.9 Å². The molecule has 6 heteroatoms. The molecule has 2 aromatic rings. The van der Waals surface area contributed by atoms with Gasteiger partial charge in [-0.05, 0) is 31.9 Å². The molecule has 1 amide bonds. The fraction of sp³-hybridized carbons (Fsp3) is 0.389. The van der Waals surface area contributed by atoms with Crippen LogP contribution in [-0.2, 0) is 4.79 Å². The lowest BCUT2D eigenvalue weighted by Crippen LogP contribution is -2.24. The fourth-order valence-electron chi connectivity index (χ4n) is 2.45. The molecule has 0 atom stereocenters. The molecule has 2 rings (SSSR count). The van der Waals surface area contributed by atoms with E-state index >= 15 is 0 Å². The average molecular weight is 329 g/mol. The summed E-state index contributed by atoms with van der Waals surface area (Å²) in [6, 6.07) is 9.66. The van der Waals surface area contributed by atoms with Gasteiger partial charge in [-0.15, -0.1) is 0 Å². The molecule has 0 radical (unpaired) electrons. The summed E-state index contributed by atoms with van der Waals surface area (Å²) in [6.45, 7) is 2.40. The number of rotatable bonds is 9. The second kappa shape index (κ2) is 8.86. The minimum absolute atomic E-state index is 0.125. The predicted molar refractivity (Wildman–Crippen MR) is 91.4 cm³/mol. The zero-order valence-corrected chi connectivity index (χ0v) is 13.9. The Hall–Kier alpha value is -2.63. The lowest BCUT2D eigenvalue weighted by atomic mass is 10.1. The van der Waals surface area contributed by atoms with Crippen LogP contribution in [0.1, 0.15) is 48.2 Å². The maximum absolute atomic E-state index is 12.2. The van der Waals surface area contributed by atoms with Crippen molar-refractivity contribution in [3.05, 3.63) is 47.8 Å². The second-order valence-corrected chi connectivity index (χ2v) is 5.72. The topological polar surface area (TPSA) is 84.2 Å². The van der Waals surface area contributed by atoms with Crippen molar-refractivity contribution < 1.29 is 14.7 Å². The van der Waals surface area contributed by atoms with Crippen LogP contribution in [0.4, 0.5) is 0 Å². The number of amides is 1. The minimum atomic E-state index is -0.755. The van der Waals surface area contributed by atoms with Crippen LogP contribution in [0.3, 0.4) is 0 Å². The molecule has 0 saturated heterocycles. The standard InChI is InChI=1S/C18H23N3O3/c1-14-16(13-21(20-14)15-9-5-4-6-10-15)18(24)19-12-8-3-2-7-11-17(22)23/h4-6,9-10,13H,2-3,7-8,11-12H2,1H3,(H,19,24)(H,22,23). The first-order valence-electron chi connectivity index (χ1n) is 8.19. The molecular weight excluding hydrogens is 306 g/mol. The van der Waals surface area contributed by atoms with Crippen molar-refractivity contribution in [1.82, 2.24) is 15.1 Å². The smallest absolute Gasteiger partial charge is 0.303 e. The van der Waals surface area contributed by atoms with Crippen LogP contribution >= 0.6 is 0 Å². The first kappa shape index (κ1) is 17.7. The first-order chi connectivity index (χ1) is 11.6. The van der Waals surface area contributed by atoms with E-state index in [0.29, 0.717) is 24.2 Å². The molecule has 24 heavy (non-hydrogen) atoms. The lowest BCUT2D eigenvalue weighted by molar-refractivity contribution is -0.137. The van der Waals surface area contributed by atoms with E-state index in [9.17, 15) is 9.59 Å². The van der Waals surface area contributed by atoms with Gasteiger partial charge in [-0.1, -0.05) is 31.0 Å². The molecule has 0 fully saturated rings. The van der Waals surface area contributed by atoms with E-state index in [1.54, 1.807) is 10.9 Å². The Balaban J connectivity index is 1.79. The van der Waals surface area contributed by atoms with Gasteiger partial charge in [-0.25, -0.2) is 4.68 Å². The Bertz CT molecular complexity index is 680. The van der Waals surface area contributed by atoms with Crippen molar-refractivity contribution in [3.63, 3.8) is 0 Å². The van der Waals surface area contributed by atoms with Crippen LogP contribution in [-0.4, -0.2) is 33.3 Å². The van der Waals surface area contributed by atoms with Gasteiger partial charge in [0.1, 0.15) is 0 Å². The number of para-hydroxylation sites is 1. The van der Waals surface area contributed by atoms with E-state index in [-0.39, 0.29) is 12.3 Å². The highest BCUT2D eigenvalue weighted by atomic mass is 16.4. The molecule has 0 bridgehead atoms. The van der Waals surface area contributed by atoms with Gasteiger partial charge in [0.2, 0.25) is 0 Å². The summed E-state index contributed by atoms with van der Waals surface area (Å²) in [5, 5.41) is 15.8. The Morgan fingerprint density at radius 2 is 1.83 bits per heavy atom. The van der Waals surface area contributed by atoms with E-state index in [1.807, 2.05) is 37.3 Å². The molecular formula is C18H23N3O3. The third-order valence-electron chi connectivity index (χ3n) is 3.77. The predicted octanol–water partition coefficient (Wildman–Crippen LogP) is 2.95. The number of carboxylic acids is 1. The maximum Gasteiger partial charge on any atom is 0.303 e. The summed E-state index contributed by atoms with van der Waals surface area (Å²) in [5.41, 5.74) is 2.18. The number of carbonyl (C=O) groups is 2. The largest absolute Gasteiger partial charge is 0.481 e. The number of hydrogen-bond acceptors (Lipinski definition) is 3. The second-order valence-electron chi connectivity index (χ2n) is 5.72. The highest BCUT2D eigenvalue weighted by Crippen LogP contribution is 2.11. The van der Waals surface area contributed by atoms with Crippen LogP contribution in [0.5, 0.6) is 0 Å². The third-order valence-corrected chi connectivity index (χ3v) is 3.77. The Labute approximate surface area is 141 Å². The van der Waals surface area contributed by atoms with Gasteiger partial charge in [-0.3, -0.25) is 9.59 Å². The zero-order valence-electron chi connectivity index (χ0n) is 13.9. The molecule has 0 saturated carbocycles.